The third kappa shape index (κ3) is 5.35. The lowest BCUT2D eigenvalue weighted by Gasteiger charge is -2.42. The normalized spacial score (nSPS) is 28.2. The van der Waals surface area contributed by atoms with Crippen LogP contribution in [0.25, 0.3) is 0 Å². The Morgan fingerprint density at radius 3 is 1.93 bits per heavy atom. The highest BCUT2D eigenvalue weighted by atomic mass is 16.6. The van der Waals surface area contributed by atoms with Crippen molar-refractivity contribution in [1.82, 2.24) is 0 Å². The Balaban J connectivity index is 1.58. The predicted molar refractivity (Wildman–Crippen MR) is 98.9 cm³/mol. The van der Waals surface area contributed by atoms with Crippen molar-refractivity contribution < 1.29 is 29.5 Å². The van der Waals surface area contributed by atoms with Gasteiger partial charge in [-0.3, -0.25) is 0 Å². The zero-order chi connectivity index (χ0) is 19.1. The van der Waals surface area contributed by atoms with Crippen LogP contribution in [0, 0.1) is 0 Å². The SMILES string of the molecule is OC[C@H]1O[C@@H](COCc2ccccc2)[C@H](O)[C@@H](OCc2ccccc2)[C@@H]1O. The first-order valence-electron chi connectivity index (χ1n) is 9.08. The minimum atomic E-state index is -1.13. The monoisotopic (exact) mass is 374 g/mol. The molecule has 1 aliphatic heterocycles. The summed E-state index contributed by atoms with van der Waals surface area (Å²) < 4.78 is 17.1. The summed E-state index contributed by atoms with van der Waals surface area (Å²) in [6.07, 6.45) is -4.60. The first-order chi connectivity index (χ1) is 13.2. The fourth-order valence-corrected chi connectivity index (χ4v) is 3.13. The molecule has 1 saturated heterocycles. The first-order valence-corrected chi connectivity index (χ1v) is 9.08. The third-order valence-electron chi connectivity index (χ3n) is 4.64. The fraction of sp³-hybridized carbons (Fsp3) is 0.429. The highest BCUT2D eigenvalue weighted by Crippen LogP contribution is 2.25. The first kappa shape index (κ1) is 19.9. The quantitative estimate of drug-likeness (QED) is 0.645. The van der Waals surface area contributed by atoms with Gasteiger partial charge in [-0.15, -0.1) is 0 Å². The molecule has 0 aliphatic carbocycles. The smallest absolute Gasteiger partial charge is 0.115 e. The van der Waals surface area contributed by atoms with Gasteiger partial charge >= 0.3 is 0 Å². The minimum Gasteiger partial charge on any atom is -0.394 e. The van der Waals surface area contributed by atoms with Crippen LogP contribution in [-0.2, 0) is 27.4 Å². The highest BCUT2D eigenvalue weighted by molar-refractivity contribution is 5.14. The molecule has 0 radical (unpaired) electrons. The van der Waals surface area contributed by atoms with Crippen molar-refractivity contribution in [3.8, 4) is 0 Å². The van der Waals surface area contributed by atoms with Crippen LogP contribution in [0.5, 0.6) is 0 Å². The largest absolute Gasteiger partial charge is 0.394 e. The maximum atomic E-state index is 10.6. The van der Waals surface area contributed by atoms with Crippen LogP contribution in [0.1, 0.15) is 11.1 Å². The van der Waals surface area contributed by atoms with Gasteiger partial charge in [0.2, 0.25) is 0 Å². The van der Waals surface area contributed by atoms with Crippen molar-refractivity contribution in [2.24, 2.45) is 0 Å². The van der Waals surface area contributed by atoms with Crippen LogP contribution in [-0.4, -0.2) is 59.1 Å². The van der Waals surface area contributed by atoms with Crippen LogP contribution >= 0.6 is 0 Å². The minimum absolute atomic E-state index is 0.129. The van der Waals surface area contributed by atoms with E-state index in [1.54, 1.807) is 0 Å². The zero-order valence-corrected chi connectivity index (χ0v) is 15.1. The number of hydrogen-bond donors (Lipinski definition) is 3. The average Bonchev–Trinajstić information content (AvgIpc) is 2.71. The lowest BCUT2D eigenvalue weighted by molar-refractivity contribution is -0.253. The van der Waals surface area contributed by atoms with Gasteiger partial charge in [-0.05, 0) is 11.1 Å². The van der Waals surface area contributed by atoms with E-state index in [-0.39, 0.29) is 19.8 Å². The van der Waals surface area contributed by atoms with E-state index >= 15 is 0 Å². The molecule has 0 saturated carbocycles. The Morgan fingerprint density at radius 2 is 1.33 bits per heavy atom. The molecule has 0 amide bonds. The molecule has 1 heterocycles. The van der Waals surface area contributed by atoms with E-state index in [9.17, 15) is 15.3 Å². The van der Waals surface area contributed by atoms with Crippen molar-refractivity contribution in [3.05, 3.63) is 71.8 Å². The molecule has 6 nitrogen and oxygen atoms in total. The van der Waals surface area contributed by atoms with E-state index in [0.717, 1.165) is 11.1 Å². The lowest BCUT2D eigenvalue weighted by atomic mass is 9.95. The van der Waals surface area contributed by atoms with Gasteiger partial charge in [0.25, 0.3) is 0 Å². The molecule has 3 rings (SSSR count). The van der Waals surface area contributed by atoms with Crippen molar-refractivity contribution in [2.75, 3.05) is 13.2 Å². The van der Waals surface area contributed by atoms with Crippen molar-refractivity contribution in [1.29, 1.82) is 0 Å². The van der Waals surface area contributed by atoms with Crippen molar-refractivity contribution in [3.63, 3.8) is 0 Å². The van der Waals surface area contributed by atoms with Crippen molar-refractivity contribution in [2.45, 2.75) is 43.7 Å². The molecule has 0 bridgehead atoms. The van der Waals surface area contributed by atoms with Crippen LogP contribution < -0.4 is 0 Å². The standard InChI is InChI=1S/C21H26O6/c22-11-17-19(23)21(26-13-16-9-5-2-6-10-16)20(24)18(27-17)14-25-12-15-7-3-1-4-8-15/h1-10,17-24H,11-14H2/t17-,18+,19-,20+,21+/m1/s1. The highest BCUT2D eigenvalue weighted by Gasteiger charge is 2.45. The summed E-state index contributed by atoms with van der Waals surface area (Å²) >= 11 is 0. The van der Waals surface area contributed by atoms with Gasteiger partial charge in [-0.1, -0.05) is 60.7 Å². The summed E-state index contributed by atoms with van der Waals surface area (Å²) in [6.45, 7) is 0.392. The number of ether oxygens (including phenoxy) is 3. The van der Waals surface area contributed by atoms with Crippen LogP contribution in [0.4, 0.5) is 0 Å². The molecule has 5 atom stereocenters. The third-order valence-corrected chi connectivity index (χ3v) is 4.64. The molecule has 0 aromatic heterocycles. The summed E-state index contributed by atoms with van der Waals surface area (Å²) in [7, 11) is 0. The topological polar surface area (TPSA) is 88.4 Å². The number of hydrogen-bond acceptors (Lipinski definition) is 6. The molecule has 0 unspecified atom stereocenters. The van der Waals surface area contributed by atoms with Gasteiger partial charge in [0.05, 0.1) is 26.4 Å². The summed E-state index contributed by atoms with van der Waals surface area (Å²) in [5.74, 6) is 0. The summed E-state index contributed by atoms with van der Waals surface area (Å²) in [5, 5.41) is 30.5. The second kappa shape index (κ2) is 9.94. The van der Waals surface area contributed by atoms with Gasteiger partial charge in [0, 0.05) is 0 Å². The average molecular weight is 374 g/mol. The number of aliphatic hydroxyl groups excluding tert-OH is 3. The summed E-state index contributed by atoms with van der Waals surface area (Å²) in [4.78, 5) is 0. The summed E-state index contributed by atoms with van der Waals surface area (Å²) in [6, 6.07) is 19.2. The Hall–Kier alpha value is -1.80. The molecule has 27 heavy (non-hydrogen) atoms. The molecule has 1 fully saturated rings. The zero-order valence-electron chi connectivity index (χ0n) is 15.1. The Morgan fingerprint density at radius 1 is 0.778 bits per heavy atom. The molecule has 2 aromatic rings. The predicted octanol–water partition coefficient (Wildman–Crippen LogP) is 1.27. The van der Waals surface area contributed by atoms with E-state index in [1.165, 1.54) is 0 Å². The Labute approximate surface area is 158 Å². The van der Waals surface area contributed by atoms with Gasteiger partial charge in [-0.25, -0.2) is 0 Å². The molecule has 6 heteroatoms. The molecule has 146 valence electrons. The van der Waals surface area contributed by atoms with E-state index in [0.29, 0.717) is 6.61 Å². The molecular weight excluding hydrogens is 348 g/mol. The van der Waals surface area contributed by atoms with E-state index in [1.807, 2.05) is 60.7 Å². The lowest BCUT2D eigenvalue weighted by Crippen LogP contribution is -2.60. The molecular formula is C21H26O6. The number of benzene rings is 2. The van der Waals surface area contributed by atoms with Gasteiger partial charge < -0.3 is 29.5 Å². The van der Waals surface area contributed by atoms with Gasteiger partial charge in [-0.2, -0.15) is 0 Å². The molecule has 3 N–H and O–H groups in total. The molecule has 0 spiro atoms. The van der Waals surface area contributed by atoms with E-state index in [2.05, 4.69) is 0 Å². The summed E-state index contributed by atoms with van der Waals surface area (Å²) in [5.41, 5.74) is 1.94. The Kier molecular flexibility index (Phi) is 7.34. The fourth-order valence-electron chi connectivity index (χ4n) is 3.13. The molecule has 1 aliphatic rings. The van der Waals surface area contributed by atoms with Gasteiger partial charge in [0.1, 0.15) is 30.5 Å². The maximum Gasteiger partial charge on any atom is 0.115 e. The van der Waals surface area contributed by atoms with Gasteiger partial charge in [0.15, 0.2) is 0 Å². The van der Waals surface area contributed by atoms with E-state index < -0.39 is 30.5 Å². The van der Waals surface area contributed by atoms with E-state index in [4.69, 9.17) is 14.2 Å². The Bertz CT molecular complexity index is 665. The van der Waals surface area contributed by atoms with Crippen LogP contribution in [0.2, 0.25) is 0 Å². The second-order valence-corrected chi connectivity index (χ2v) is 6.64. The number of rotatable bonds is 8. The molecule has 2 aromatic carbocycles. The van der Waals surface area contributed by atoms with Crippen LogP contribution in [0.3, 0.4) is 0 Å². The van der Waals surface area contributed by atoms with Crippen molar-refractivity contribution >= 4 is 0 Å². The second-order valence-electron chi connectivity index (χ2n) is 6.64. The van der Waals surface area contributed by atoms with Crippen LogP contribution in [0.15, 0.2) is 60.7 Å². The number of aliphatic hydroxyl groups is 3. The maximum absolute atomic E-state index is 10.6.